The van der Waals surface area contributed by atoms with E-state index in [1.54, 1.807) is 0 Å². The van der Waals surface area contributed by atoms with Crippen LogP contribution in [0.3, 0.4) is 0 Å². The molecule has 3 unspecified atom stereocenters. The van der Waals surface area contributed by atoms with Gasteiger partial charge in [-0.1, -0.05) is 25.1 Å². The quantitative estimate of drug-likeness (QED) is 0.919. The molecule has 1 aromatic heterocycles. The first-order chi connectivity index (χ1) is 9.69. The van der Waals surface area contributed by atoms with Gasteiger partial charge in [0.2, 0.25) is 0 Å². The highest BCUT2D eigenvalue weighted by Crippen LogP contribution is 2.35. The smallest absolute Gasteiger partial charge is 0.137 e. The minimum Gasteiger partial charge on any atom is -0.459 e. The Bertz CT molecular complexity index is 590. The molecule has 0 amide bonds. The van der Waals surface area contributed by atoms with E-state index in [2.05, 4.69) is 50.4 Å². The Hall–Kier alpha value is -1.32. The summed E-state index contributed by atoms with van der Waals surface area (Å²) in [6, 6.07) is 8.72. The van der Waals surface area contributed by atoms with E-state index in [0.717, 1.165) is 30.9 Å². The van der Waals surface area contributed by atoms with Gasteiger partial charge >= 0.3 is 0 Å². The molecule has 0 saturated carbocycles. The lowest BCUT2D eigenvalue weighted by Gasteiger charge is -2.21. The molecule has 3 atom stereocenters. The summed E-state index contributed by atoms with van der Waals surface area (Å²) < 4.78 is 11.9. The third-order valence-electron chi connectivity index (χ3n) is 4.19. The summed E-state index contributed by atoms with van der Waals surface area (Å²) in [5.41, 5.74) is 2.21. The molecule has 0 bridgehead atoms. The van der Waals surface area contributed by atoms with E-state index in [-0.39, 0.29) is 6.04 Å². The van der Waals surface area contributed by atoms with Crippen molar-refractivity contribution in [2.24, 2.45) is 5.92 Å². The minimum atomic E-state index is 0.247. The summed E-state index contributed by atoms with van der Waals surface area (Å²) in [7, 11) is 0. The van der Waals surface area contributed by atoms with Crippen LogP contribution in [0.5, 0.6) is 0 Å². The number of hydrogen-bond acceptors (Lipinski definition) is 3. The number of furan rings is 1. The van der Waals surface area contributed by atoms with E-state index >= 15 is 0 Å². The van der Waals surface area contributed by atoms with Gasteiger partial charge in [-0.05, 0) is 38.4 Å². The molecule has 2 aromatic rings. The average Bonchev–Trinajstić information content (AvgIpc) is 3.03. The molecule has 20 heavy (non-hydrogen) atoms. The van der Waals surface area contributed by atoms with Crippen LogP contribution in [-0.2, 0) is 4.74 Å². The number of fused-ring (bicyclic) bond motifs is 1. The van der Waals surface area contributed by atoms with Crippen LogP contribution in [0.1, 0.15) is 37.6 Å². The molecule has 2 heterocycles. The fraction of sp³-hybridized carbons (Fsp3) is 0.529. The summed E-state index contributed by atoms with van der Waals surface area (Å²) in [5, 5.41) is 4.76. The van der Waals surface area contributed by atoms with Crippen molar-refractivity contribution in [3.8, 4) is 0 Å². The first-order valence-corrected chi connectivity index (χ1v) is 7.53. The van der Waals surface area contributed by atoms with Crippen LogP contribution in [0.4, 0.5) is 0 Å². The average molecular weight is 273 g/mol. The SMILES string of the molecule is CCNC(c1cc2cccc(C)c2o1)C1COC(C)C1. The second-order valence-corrected chi connectivity index (χ2v) is 5.82. The van der Waals surface area contributed by atoms with E-state index in [4.69, 9.17) is 9.15 Å². The van der Waals surface area contributed by atoms with Gasteiger partial charge in [0.15, 0.2) is 0 Å². The lowest BCUT2D eigenvalue weighted by Crippen LogP contribution is -2.28. The molecule has 3 heteroatoms. The highest BCUT2D eigenvalue weighted by molar-refractivity contribution is 5.81. The third kappa shape index (κ3) is 2.48. The predicted octanol–water partition coefficient (Wildman–Crippen LogP) is 3.82. The van der Waals surface area contributed by atoms with Gasteiger partial charge in [-0.15, -0.1) is 0 Å². The third-order valence-corrected chi connectivity index (χ3v) is 4.19. The van der Waals surface area contributed by atoms with Crippen LogP contribution in [-0.4, -0.2) is 19.3 Å². The predicted molar refractivity (Wildman–Crippen MR) is 80.9 cm³/mol. The van der Waals surface area contributed by atoms with E-state index in [1.165, 1.54) is 10.9 Å². The van der Waals surface area contributed by atoms with Gasteiger partial charge in [0.25, 0.3) is 0 Å². The molecule has 3 nitrogen and oxygen atoms in total. The van der Waals surface area contributed by atoms with Gasteiger partial charge < -0.3 is 14.5 Å². The van der Waals surface area contributed by atoms with Crippen molar-refractivity contribution in [2.75, 3.05) is 13.2 Å². The number of rotatable bonds is 4. The Kier molecular flexibility index (Phi) is 3.81. The fourth-order valence-electron chi connectivity index (χ4n) is 3.18. The molecule has 3 rings (SSSR count). The first-order valence-electron chi connectivity index (χ1n) is 7.53. The molecule has 1 saturated heterocycles. The fourth-order valence-corrected chi connectivity index (χ4v) is 3.18. The first kappa shape index (κ1) is 13.7. The van der Waals surface area contributed by atoms with Gasteiger partial charge in [0, 0.05) is 11.3 Å². The molecular formula is C17H23NO2. The number of nitrogens with one attached hydrogen (secondary N) is 1. The van der Waals surface area contributed by atoms with Crippen LogP contribution >= 0.6 is 0 Å². The van der Waals surface area contributed by atoms with Crippen LogP contribution < -0.4 is 5.32 Å². The van der Waals surface area contributed by atoms with Crippen LogP contribution in [0.2, 0.25) is 0 Å². The van der Waals surface area contributed by atoms with Crippen molar-refractivity contribution >= 4 is 11.0 Å². The second kappa shape index (κ2) is 5.58. The summed E-state index contributed by atoms with van der Waals surface area (Å²) in [6.07, 6.45) is 1.44. The topological polar surface area (TPSA) is 34.4 Å². The normalized spacial score (nSPS) is 24.4. The summed E-state index contributed by atoms with van der Waals surface area (Å²) in [4.78, 5) is 0. The molecule has 108 valence electrons. The molecular weight excluding hydrogens is 250 g/mol. The highest BCUT2D eigenvalue weighted by atomic mass is 16.5. The maximum absolute atomic E-state index is 6.14. The lowest BCUT2D eigenvalue weighted by molar-refractivity contribution is 0.116. The Morgan fingerprint density at radius 1 is 1.40 bits per heavy atom. The van der Waals surface area contributed by atoms with Crippen molar-refractivity contribution in [2.45, 2.75) is 39.3 Å². The number of aryl methyl sites for hydroxylation is 1. The van der Waals surface area contributed by atoms with Gasteiger partial charge in [-0.25, -0.2) is 0 Å². The molecule has 1 aliphatic heterocycles. The standard InChI is InChI=1S/C17H23NO2/c1-4-18-16(14-8-12(3)19-10-14)15-9-13-7-5-6-11(2)17(13)20-15/h5-7,9,12,14,16,18H,4,8,10H2,1-3H3. The molecule has 1 aliphatic rings. The second-order valence-electron chi connectivity index (χ2n) is 5.82. The Balaban J connectivity index is 1.94. The Morgan fingerprint density at radius 3 is 2.90 bits per heavy atom. The van der Waals surface area contributed by atoms with Crippen molar-refractivity contribution in [1.29, 1.82) is 0 Å². The highest BCUT2D eigenvalue weighted by Gasteiger charge is 2.32. The van der Waals surface area contributed by atoms with E-state index in [0.29, 0.717) is 12.0 Å². The number of ether oxygens (including phenoxy) is 1. The van der Waals surface area contributed by atoms with E-state index < -0.39 is 0 Å². The monoisotopic (exact) mass is 273 g/mol. The molecule has 1 fully saturated rings. The molecule has 1 aromatic carbocycles. The minimum absolute atomic E-state index is 0.247. The van der Waals surface area contributed by atoms with Gasteiger partial charge in [0.05, 0.1) is 18.8 Å². The van der Waals surface area contributed by atoms with E-state index in [9.17, 15) is 0 Å². The number of hydrogen-bond donors (Lipinski definition) is 1. The zero-order chi connectivity index (χ0) is 14.1. The molecule has 1 N–H and O–H groups in total. The van der Waals surface area contributed by atoms with E-state index in [1.807, 2.05) is 0 Å². The molecule has 0 aliphatic carbocycles. The lowest BCUT2D eigenvalue weighted by atomic mass is 9.95. The maximum Gasteiger partial charge on any atom is 0.137 e. The summed E-state index contributed by atoms with van der Waals surface area (Å²) in [6.45, 7) is 8.13. The van der Waals surface area contributed by atoms with Gasteiger partial charge in [-0.2, -0.15) is 0 Å². The van der Waals surface area contributed by atoms with Gasteiger partial charge in [0.1, 0.15) is 11.3 Å². The summed E-state index contributed by atoms with van der Waals surface area (Å²) in [5.74, 6) is 1.53. The molecule has 0 spiro atoms. The van der Waals surface area contributed by atoms with Crippen LogP contribution in [0.15, 0.2) is 28.7 Å². The van der Waals surface area contributed by atoms with Crippen molar-refractivity contribution < 1.29 is 9.15 Å². The van der Waals surface area contributed by atoms with Gasteiger partial charge in [-0.3, -0.25) is 0 Å². The van der Waals surface area contributed by atoms with Crippen LogP contribution in [0, 0.1) is 12.8 Å². The largest absolute Gasteiger partial charge is 0.459 e. The number of para-hydroxylation sites is 1. The molecule has 0 radical (unpaired) electrons. The van der Waals surface area contributed by atoms with Crippen LogP contribution in [0.25, 0.3) is 11.0 Å². The zero-order valence-corrected chi connectivity index (χ0v) is 12.5. The number of benzene rings is 1. The van der Waals surface area contributed by atoms with Crippen molar-refractivity contribution in [1.82, 2.24) is 5.32 Å². The van der Waals surface area contributed by atoms with Crippen molar-refractivity contribution in [3.05, 3.63) is 35.6 Å². The van der Waals surface area contributed by atoms with Crippen molar-refractivity contribution in [3.63, 3.8) is 0 Å². The Morgan fingerprint density at radius 2 is 2.25 bits per heavy atom. The zero-order valence-electron chi connectivity index (χ0n) is 12.5. The maximum atomic E-state index is 6.14. The summed E-state index contributed by atoms with van der Waals surface area (Å²) >= 11 is 0. The Labute approximate surface area is 120 Å².